The summed E-state index contributed by atoms with van der Waals surface area (Å²) >= 11 is 0. The third kappa shape index (κ3) is 4.29. The molecule has 3 heterocycles. The zero-order valence-corrected chi connectivity index (χ0v) is 18.6. The van der Waals surface area contributed by atoms with Crippen LogP contribution in [0.5, 0.6) is 0 Å². The van der Waals surface area contributed by atoms with Gasteiger partial charge in [0.15, 0.2) is 0 Å². The van der Waals surface area contributed by atoms with Gasteiger partial charge < -0.3 is 14.5 Å². The van der Waals surface area contributed by atoms with E-state index in [0.717, 1.165) is 6.07 Å². The van der Waals surface area contributed by atoms with Gasteiger partial charge in [0, 0.05) is 63.1 Å². The van der Waals surface area contributed by atoms with E-state index in [2.05, 4.69) is 5.10 Å². The van der Waals surface area contributed by atoms with E-state index in [4.69, 9.17) is 10.00 Å². The van der Waals surface area contributed by atoms with Crippen LogP contribution in [0.1, 0.15) is 35.0 Å². The van der Waals surface area contributed by atoms with E-state index in [0.29, 0.717) is 57.1 Å². The fourth-order valence-corrected chi connectivity index (χ4v) is 5.07. The van der Waals surface area contributed by atoms with E-state index < -0.39 is 11.7 Å². The van der Waals surface area contributed by atoms with E-state index in [9.17, 15) is 18.0 Å². The van der Waals surface area contributed by atoms with E-state index in [1.54, 1.807) is 41.1 Å². The molecule has 0 saturated carbocycles. The highest BCUT2D eigenvalue weighted by molar-refractivity contribution is 5.92. The summed E-state index contributed by atoms with van der Waals surface area (Å²) in [6.45, 7) is 5.14. The Hall–Kier alpha value is -3.06. The molecule has 2 saturated heterocycles. The van der Waals surface area contributed by atoms with Crippen LogP contribution in [-0.2, 0) is 17.5 Å². The first kappa shape index (κ1) is 23.1. The number of piperidine rings is 1. The van der Waals surface area contributed by atoms with Crippen molar-refractivity contribution >= 4 is 11.6 Å². The van der Waals surface area contributed by atoms with Crippen LogP contribution in [0.4, 0.5) is 18.9 Å². The highest BCUT2D eigenvalue weighted by Crippen LogP contribution is 2.45. The molecule has 0 spiro atoms. The summed E-state index contributed by atoms with van der Waals surface area (Å²) < 4.78 is 47.6. The lowest BCUT2D eigenvalue weighted by Gasteiger charge is -2.44. The Bertz CT molecular complexity index is 1080. The van der Waals surface area contributed by atoms with E-state index in [-0.39, 0.29) is 22.8 Å². The average Bonchev–Trinajstić information content (AvgIpc) is 3.42. The van der Waals surface area contributed by atoms with Crippen molar-refractivity contribution in [2.75, 3.05) is 44.8 Å². The predicted octanol–water partition coefficient (Wildman–Crippen LogP) is 3.41. The number of carbonyl (C=O) groups excluding carboxylic acids is 1. The van der Waals surface area contributed by atoms with E-state index in [1.165, 1.54) is 6.07 Å². The number of anilines is 1. The fourth-order valence-electron chi connectivity index (χ4n) is 5.07. The number of aryl methyl sites for hydroxylation is 1. The first-order valence-corrected chi connectivity index (χ1v) is 10.9. The molecular formula is C23H26F3N5O2. The smallest absolute Gasteiger partial charge is 0.384 e. The number of rotatable bonds is 5. The zero-order chi connectivity index (χ0) is 23.8. The number of nitriles is 1. The molecule has 0 radical (unpaired) electrons. The molecule has 2 aliphatic rings. The van der Waals surface area contributed by atoms with Gasteiger partial charge >= 0.3 is 6.18 Å². The molecule has 0 aliphatic carbocycles. The molecule has 33 heavy (non-hydrogen) atoms. The molecule has 0 unspecified atom stereocenters. The summed E-state index contributed by atoms with van der Waals surface area (Å²) in [7, 11) is 1.63. The number of hydrogen-bond acceptors (Lipinski definition) is 5. The molecule has 0 N–H and O–H groups in total. The number of hydrogen-bond donors (Lipinski definition) is 0. The number of nitrogens with zero attached hydrogens (tertiary/aromatic N) is 5. The summed E-state index contributed by atoms with van der Waals surface area (Å²) in [5, 5.41) is 13.4. The quantitative estimate of drug-likeness (QED) is 0.682. The van der Waals surface area contributed by atoms with Crippen molar-refractivity contribution in [3.8, 4) is 6.07 Å². The van der Waals surface area contributed by atoms with Gasteiger partial charge in [-0.25, -0.2) is 0 Å². The van der Waals surface area contributed by atoms with Crippen LogP contribution >= 0.6 is 0 Å². The molecule has 10 heteroatoms. The monoisotopic (exact) mass is 461 g/mol. The minimum absolute atomic E-state index is 0.0355. The van der Waals surface area contributed by atoms with Crippen LogP contribution in [-0.4, -0.2) is 60.5 Å². The second-order valence-corrected chi connectivity index (χ2v) is 8.77. The lowest BCUT2D eigenvalue weighted by atomic mass is 9.73. The lowest BCUT2D eigenvalue weighted by Crippen LogP contribution is -2.49. The summed E-state index contributed by atoms with van der Waals surface area (Å²) in [5.41, 5.74) is -0.749. The van der Waals surface area contributed by atoms with Crippen molar-refractivity contribution in [3.63, 3.8) is 0 Å². The van der Waals surface area contributed by atoms with Crippen LogP contribution < -0.4 is 4.90 Å². The van der Waals surface area contributed by atoms with Crippen molar-refractivity contribution in [2.24, 2.45) is 11.3 Å². The number of carbonyl (C=O) groups is 1. The number of ether oxygens (including phenoxy) is 1. The first-order valence-electron chi connectivity index (χ1n) is 10.9. The van der Waals surface area contributed by atoms with Gasteiger partial charge in [-0.1, -0.05) is 0 Å². The minimum atomic E-state index is -4.60. The van der Waals surface area contributed by atoms with Gasteiger partial charge in [-0.2, -0.15) is 23.5 Å². The number of aromatic nitrogens is 2. The molecule has 2 atom stereocenters. The first-order chi connectivity index (χ1) is 15.7. The van der Waals surface area contributed by atoms with Crippen LogP contribution in [0.25, 0.3) is 0 Å². The van der Waals surface area contributed by atoms with Gasteiger partial charge in [0.2, 0.25) is 0 Å². The largest absolute Gasteiger partial charge is 0.417 e. The van der Waals surface area contributed by atoms with Crippen molar-refractivity contribution in [3.05, 3.63) is 47.3 Å². The standard InChI is InChI=1S/C23H26F3N5O2/c1-3-31-8-6-20(28-31)21(32)30-13-17-12-29(9-7-22(17,14-30)15-33-2)18-5-4-16(11-27)19(10-18)23(24,25)26/h4-6,8,10,17H,3,7,9,12-15H2,1-2H3/t17-,22+/m1/s1. The van der Waals surface area contributed by atoms with Crippen molar-refractivity contribution in [1.82, 2.24) is 14.7 Å². The molecule has 4 rings (SSSR count). The molecule has 2 aliphatic heterocycles. The van der Waals surface area contributed by atoms with Gasteiger partial charge in [-0.3, -0.25) is 9.48 Å². The number of halogens is 3. The van der Waals surface area contributed by atoms with Gasteiger partial charge in [0.25, 0.3) is 5.91 Å². The number of methoxy groups -OCH3 is 1. The topological polar surface area (TPSA) is 74.4 Å². The number of benzene rings is 1. The number of fused-ring (bicyclic) bond motifs is 1. The highest BCUT2D eigenvalue weighted by atomic mass is 19.4. The van der Waals surface area contributed by atoms with Gasteiger partial charge in [-0.15, -0.1) is 0 Å². The van der Waals surface area contributed by atoms with Gasteiger partial charge in [0.05, 0.1) is 23.8 Å². The molecule has 7 nitrogen and oxygen atoms in total. The number of amides is 1. The maximum absolute atomic E-state index is 13.4. The summed E-state index contributed by atoms with van der Waals surface area (Å²) in [6.07, 6.45) is -2.15. The molecule has 1 amide bonds. The predicted molar refractivity (Wildman–Crippen MR) is 115 cm³/mol. The highest BCUT2D eigenvalue weighted by Gasteiger charge is 2.51. The van der Waals surface area contributed by atoms with Crippen molar-refractivity contribution in [2.45, 2.75) is 26.1 Å². The van der Waals surface area contributed by atoms with Crippen molar-refractivity contribution < 1.29 is 22.7 Å². The lowest BCUT2D eigenvalue weighted by molar-refractivity contribution is -0.137. The van der Waals surface area contributed by atoms with Crippen LogP contribution in [0.2, 0.25) is 0 Å². The Morgan fingerprint density at radius 3 is 2.76 bits per heavy atom. The molecular weight excluding hydrogens is 435 g/mol. The SMILES string of the molecule is CCn1ccc(C(=O)N2C[C@H]3CN(c4ccc(C#N)c(C(F)(F)F)c4)CC[C@@]3(COC)C2)n1. The normalized spacial score (nSPS) is 22.8. The van der Waals surface area contributed by atoms with E-state index >= 15 is 0 Å². The Kier molecular flexibility index (Phi) is 6.10. The maximum Gasteiger partial charge on any atom is 0.417 e. The Balaban J connectivity index is 1.57. The Labute approximate surface area is 190 Å². The molecule has 0 bridgehead atoms. The van der Waals surface area contributed by atoms with E-state index in [1.807, 2.05) is 11.8 Å². The molecule has 2 aromatic rings. The summed E-state index contributed by atoms with van der Waals surface area (Å²) in [5.74, 6) is -0.107. The summed E-state index contributed by atoms with van der Waals surface area (Å²) in [4.78, 5) is 16.8. The Morgan fingerprint density at radius 1 is 1.33 bits per heavy atom. The molecule has 176 valence electrons. The molecule has 1 aromatic carbocycles. The van der Waals surface area contributed by atoms with Crippen LogP contribution in [0.15, 0.2) is 30.5 Å². The zero-order valence-electron chi connectivity index (χ0n) is 18.6. The fraction of sp³-hybridized carbons (Fsp3) is 0.522. The van der Waals surface area contributed by atoms with Gasteiger partial charge in [-0.05, 0) is 37.6 Å². The van der Waals surface area contributed by atoms with Crippen LogP contribution in [0, 0.1) is 22.7 Å². The minimum Gasteiger partial charge on any atom is -0.384 e. The average molecular weight is 461 g/mol. The van der Waals surface area contributed by atoms with Crippen LogP contribution in [0.3, 0.4) is 0 Å². The summed E-state index contributed by atoms with van der Waals surface area (Å²) in [6, 6.07) is 7.17. The van der Waals surface area contributed by atoms with Gasteiger partial charge in [0.1, 0.15) is 5.69 Å². The third-order valence-corrected chi connectivity index (χ3v) is 6.83. The third-order valence-electron chi connectivity index (χ3n) is 6.83. The molecule has 2 fully saturated rings. The Morgan fingerprint density at radius 2 is 2.12 bits per heavy atom. The molecule has 1 aromatic heterocycles. The number of likely N-dealkylation sites (tertiary alicyclic amines) is 1. The second-order valence-electron chi connectivity index (χ2n) is 8.77. The van der Waals surface area contributed by atoms with Crippen molar-refractivity contribution in [1.29, 1.82) is 5.26 Å². The number of alkyl halides is 3. The second kappa shape index (κ2) is 8.71. The maximum atomic E-state index is 13.4.